The van der Waals surface area contributed by atoms with E-state index in [9.17, 15) is 14.0 Å². The quantitative estimate of drug-likeness (QED) is 0.887. The summed E-state index contributed by atoms with van der Waals surface area (Å²) < 4.78 is 14.0. The number of benzene rings is 1. The lowest BCUT2D eigenvalue weighted by molar-refractivity contribution is -0.120. The maximum Gasteiger partial charge on any atom is 0.254 e. The van der Waals surface area contributed by atoms with Crippen LogP contribution >= 0.6 is 15.9 Å². The zero-order valence-electron chi connectivity index (χ0n) is 9.50. The van der Waals surface area contributed by atoms with Crippen molar-refractivity contribution in [1.29, 1.82) is 0 Å². The average Bonchev–Trinajstić information content (AvgIpc) is 3.10. The van der Waals surface area contributed by atoms with Gasteiger partial charge in [0.1, 0.15) is 5.82 Å². The fourth-order valence-corrected chi connectivity index (χ4v) is 1.77. The number of carbonyl (C=O) groups is 2. The molecule has 18 heavy (non-hydrogen) atoms. The van der Waals surface area contributed by atoms with Gasteiger partial charge in [-0.3, -0.25) is 9.59 Å². The number of halogens is 2. The van der Waals surface area contributed by atoms with E-state index >= 15 is 0 Å². The van der Waals surface area contributed by atoms with Gasteiger partial charge in [0.05, 0.1) is 12.1 Å². The summed E-state index contributed by atoms with van der Waals surface area (Å²) in [5, 5.41) is 5.12. The summed E-state index contributed by atoms with van der Waals surface area (Å²) in [6, 6.07) is 4.40. The molecule has 0 aliphatic heterocycles. The van der Waals surface area contributed by atoms with Gasteiger partial charge in [-0.15, -0.1) is 0 Å². The van der Waals surface area contributed by atoms with Gasteiger partial charge in [-0.05, 0) is 31.0 Å². The Hall–Kier alpha value is -1.43. The van der Waals surface area contributed by atoms with Gasteiger partial charge >= 0.3 is 0 Å². The number of nitrogens with one attached hydrogen (secondary N) is 2. The number of rotatable bonds is 4. The Balaban J connectivity index is 1.88. The van der Waals surface area contributed by atoms with Crippen LogP contribution in [0.3, 0.4) is 0 Å². The second-order valence-corrected chi connectivity index (χ2v) is 5.06. The van der Waals surface area contributed by atoms with Crippen molar-refractivity contribution in [2.45, 2.75) is 18.9 Å². The molecule has 96 valence electrons. The highest BCUT2D eigenvalue weighted by Gasteiger charge is 2.23. The van der Waals surface area contributed by atoms with Crippen LogP contribution in [0.2, 0.25) is 0 Å². The van der Waals surface area contributed by atoms with E-state index in [0.29, 0.717) is 4.47 Å². The molecule has 1 aromatic carbocycles. The average molecular weight is 315 g/mol. The number of hydrogen-bond acceptors (Lipinski definition) is 2. The molecule has 2 rings (SSSR count). The molecule has 1 saturated carbocycles. The molecule has 0 unspecified atom stereocenters. The van der Waals surface area contributed by atoms with Crippen molar-refractivity contribution in [1.82, 2.24) is 10.6 Å². The zero-order chi connectivity index (χ0) is 13.1. The molecule has 0 radical (unpaired) electrons. The molecule has 2 amide bonds. The van der Waals surface area contributed by atoms with E-state index < -0.39 is 11.7 Å². The Morgan fingerprint density at radius 2 is 2.11 bits per heavy atom. The number of hydrogen-bond donors (Lipinski definition) is 2. The Morgan fingerprint density at radius 3 is 2.72 bits per heavy atom. The van der Waals surface area contributed by atoms with Crippen LogP contribution in [0.25, 0.3) is 0 Å². The topological polar surface area (TPSA) is 58.2 Å². The van der Waals surface area contributed by atoms with E-state index in [0.717, 1.165) is 12.8 Å². The van der Waals surface area contributed by atoms with Gasteiger partial charge < -0.3 is 10.6 Å². The normalized spacial score (nSPS) is 14.1. The third-order valence-corrected chi connectivity index (χ3v) is 3.02. The minimum atomic E-state index is -0.621. The smallest absolute Gasteiger partial charge is 0.254 e. The summed E-state index contributed by atoms with van der Waals surface area (Å²) >= 11 is 3.11. The summed E-state index contributed by atoms with van der Waals surface area (Å²) in [6.45, 7) is -0.134. The lowest BCUT2D eigenvalue weighted by atomic mass is 10.2. The van der Waals surface area contributed by atoms with Crippen molar-refractivity contribution in [3.63, 3.8) is 0 Å². The lowest BCUT2D eigenvalue weighted by Crippen LogP contribution is -2.38. The highest BCUT2D eigenvalue weighted by atomic mass is 79.9. The van der Waals surface area contributed by atoms with Crippen molar-refractivity contribution in [3.8, 4) is 0 Å². The van der Waals surface area contributed by atoms with Crippen molar-refractivity contribution < 1.29 is 14.0 Å². The van der Waals surface area contributed by atoms with E-state index in [-0.39, 0.29) is 24.1 Å². The predicted molar refractivity (Wildman–Crippen MR) is 67.6 cm³/mol. The van der Waals surface area contributed by atoms with Gasteiger partial charge in [-0.25, -0.2) is 4.39 Å². The van der Waals surface area contributed by atoms with Crippen LogP contribution in [-0.2, 0) is 4.79 Å². The predicted octanol–water partition coefficient (Wildman–Crippen LogP) is 1.60. The van der Waals surface area contributed by atoms with Gasteiger partial charge in [-0.2, -0.15) is 0 Å². The summed E-state index contributed by atoms with van der Waals surface area (Å²) in [4.78, 5) is 23.0. The van der Waals surface area contributed by atoms with Crippen molar-refractivity contribution in [2.24, 2.45) is 0 Å². The minimum absolute atomic E-state index is 0.0718. The molecule has 1 aliphatic rings. The molecule has 1 fully saturated rings. The van der Waals surface area contributed by atoms with E-state index in [4.69, 9.17) is 0 Å². The lowest BCUT2D eigenvalue weighted by Gasteiger charge is -2.06. The van der Waals surface area contributed by atoms with Crippen LogP contribution in [0.5, 0.6) is 0 Å². The van der Waals surface area contributed by atoms with Gasteiger partial charge in [-0.1, -0.05) is 15.9 Å². The van der Waals surface area contributed by atoms with Crippen LogP contribution in [0.15, 0.2) is 22.7 Å². The fourth-order valence-electron chi connectivity index (χ4n) is 1.44. The zero-order valence-corrected chi connectivity index (χ0v) is 11.1. The first kappa shape index (κ1) is 13.0. The second kappa shape index (κ2) is 5.48. The summed E-state index contributed by atoms with van der Waals surface area (Å²) in [7, 11) is 0. The Morgan fingerprint density at radius 1 is 1.39 bits per heavy atom. The fraction of sp³-hybridized carbons (Fsp3) is 0.333. The van der Waals surface area contributed by atoms with Crippen LogP contribution < -0.4 is 10.6 Å². The first-order valence-electron chi connectivity index (χ1n) is 5.59. The molecule has 0 heterocycles. The van der Waals surface area contributed by atoms with E-state index in [1.807, 2.05) is 0 Å². The van der Waals surface area contributed by atoms with Gasteiger partial charge in [0.25, 0.3) is 5.91 Å². The molecular weight excluding hydrogens is 303 g/mol. The largest absolute Gasteiger partial charge is 0.352 e. The SMILES string of the molecule is O=C(CNC(=O)c1ccc(Br)cc1F)NC1CC1. The second-order valence-electron chi connectivity index (χ2n) is 4.15. The van der Waals surface area contributed by atoms with Crippen molar-refractivity contribution in [3.05, 3.63) is 34.1 Å². The summed E-state index contributed by atoms with van der Waals surface area (Å²) in [5.74, 6) is -1.46. The molecule has 0 atom stereocenters. The van der Waals surface area contributed by atoms with Crippen LogP contribution in [0, 0.1) is 5.82 Å². The van der Waals surface area contributed by atoms with E-state index in [1.165, 1.54) is 12.1 Å². The molecule has 4 nitrogen and oxygen atoms in total. The molecule has 0 saturated heterocycles. The molecule has 0 bridgehead atoms. The first-order chi connectivity index (χ1) is 8.56. The van der Waals surface area contributed by atoms with Crippen LogP contribution in [-0.4, -0.2) is 24.4 Å². The van der Waals surface area contributed by atoms with E-state index in [1.54, 1.807) is 6.07 Å². The number of carbonyl (C=O) groups excluding carboxylic acids is 2. The summed E-state index contributed by atoms with van der Waals surface area (Å²) in [5.41, 5.74) is -0.0718. The first-order valence-corrected chi connectivity index (χ1v) is 6.38. The van der Waals surface area contributed by atoms with Gasteiger partial charge in [0, 0.05) is 10.5 Å². The Labute approximate surface area is 112 Å². The molecular formula is C12H12BrFN2O2. The van der Waals surface area contributed by atoms with Crippen molar-refractivity contribution in [2.75, 3.05) is 6.54 Å². The molecule has 2 N–H and O–H groups in total. The van der Waals surface area contributed by atoms with Crippen molar-refractivity contribution >= 4 is 27.7 Å². The number of amides is 2. The summed E-state index contributed by atoms with van der Waals surface area (Å²) in [6.07, 6.45) is 1.97. The Kier molecular flexibility index (Phi) is 3.96. The molecule has 1 aromatic rings. The molecule has 0 spiro atoms. The molecule has 0 aromatic heterocycles. The highest BCUT2D eigenvalue weighted by Crippen LogP contribution is 2.18. The molecule has 6 heteroatoms. The van der Waals surface area contributed by atoms with E-state index in [2.05, 4.69) is 26.6 Å². The van der Waals surface area contributed by atoms with Gasteiger partial charge in [0.15, 0.2) is 0 Å². The maximum absolute atomic E-state index is 13.5. The highest BCUT2D eigenvalue weighted by molar-refractivity contribution is 9.10. The molecule has 1 aliphatic carbocycles. The minimum Gasteiger partial charge on any atom is -0.352 e. The third-order valence-electron chi connectivity index (χ3n) is 2.53. The standard InChI is InChI=1S/C12H12BrFN2O2/c13-7-1-4-9(10(14)5-7)12(18)15-6-11(17)16-8-2-3-8/h1,4-5,8H,2-3,6H2,(H,15,18)(H,16,17). The van der Waals surface area contributed by atoms with Crippen LogP contribution in [0.1, 0.15) is 23.2 Å². The van der Waals surface area contributed by atoms with Gasteiger partial charge in [0.2, 0.25) is 5.91 Å². The Bertz CT molecular complexity index is 489. The van der Waals surface area contributed by atoms with Crippen LogP contribution in [0.4, 0.5) is 4.39 Å². The monoisotopic (exact) mass is 314 g/mol. The maximum atomic E-state index is 13.5. The third kappa shape index (κ3) is 3.53.